The smallest absolute Gasteiger partial charge is 0.410 e. The topological polar surface area (TPSA) is 53.4 Å². The largest absolute Gasteiger partial charge is 0.444 e. The number of hydrogen-bond donors (Lipinski definition) is 1. The number of likely N-dealkylation sites (tertiary alicyclic amines) is 1. The first-order chi connectivity index (χ1) is 6.42. The lowest BCUT2D eigenvalue weighted by atomic mass is 10.1. The molecule has 80 valence electrons. The molecule has 14 heavy (non-hydrogen) atoms. The number of rotatable bonds is 1. The third kappa shape index (κ3) is 3.01. The summed E-state index contributed by atoms with van der Waals surface area (Å²) < 4.78 is 5.23. The Morgan fingerprint density at radius 1 is 1.57 bits per heavy atom. The van der Waals surface area contributed by atoms with Crippen LogP contribution in [0.1, 0.15) is 27.2 Å². The zero-order valence-corrected chi connectivity index (χ0v) is 9.04. The highest BCUT2D eigenvalue weighted by molar-refractivity contribution is 5.70. The first-order valence-corrected chi connectivity index (χ1v) is 4.91. The van der Waals surface area contributed by atoms with Gasteiger partial charge in [0.2, 0.25) is 0 Å². The fraction of sp³-hybridized carbons (Fsp3) is 0.800. The van der Waals surface area contributed by atoms with E-state index in [1.165, 1.54) is 6.21 Å². The summed E-state index contributed by atoms with van der Waals surface area (Å²) in [5, 5.41) is 7.11. The second-order valence-corrected chi connectivity index (χ2v) is 4.64. The van der Waals surface area contributed by atoms with E-state index in [2.05, 4.69) is 0 Å². The van der Waals surface area contributed by atoms with Gasteiger partial charge in [0.15, 0.2) is 0 Å². The fourth-order valence-electron chi connectivity index (χ4n) is 1.42. The predicted octanol–water partition coefficient (Wildman–Crippen LogP) is 1.89. The van der Waals surface area contributed by atoms with Crippen LogP contribution in [-0.2, 0) is 4.74 Å². The van der Waals surface area contributed by atoms with Crippen molar-refractivity contribution >= 4 is 12.3 Å². The molecule has 1 unspecified atom stereocenters. The first-order valence-electron chi connectivity index (χ1n) is 4.91. The molecular formula is C10H18N2O2. The molecule has 0 spiro atoms. The van der Waals surface area contributed by atoms with Crippen LogP contribution in [-0.4, -0.2) is 35.9 Å². The summed E-state index contributed by atoms with van der Waals surface area (Å²) in [5.74, 6) is 0.211. The van der Waals surface area contributed by atoms with Crippen LogP contribution in [0.4, 0.5) is 4.79 Å². The van der Waals surface area contributed by atoms with Crippen molar-refractivity contribution in [1.29, 1.82) is 5.41 Å². The monoisotopic (exact) mass is 198 g/mol. The van der Waals surface area contributed by atoms with E-state index < -0.39 is 5.60 Å². The van der Waals surface area contributed by atoms with Gasteiger partial charge < -0.3 is 15.0 Å². The molecule has 1 amide bonds. The average molecular weight is 198 g/mol. The van der Waals surface area contributed by atoms with Crippen LogP contribution in [0.25, 0.3) is 0 Å². The molecule has 1 aliphatic rings. The SMILES string of the molecule is CC(C)(C)OC(=O)N1CCC(C=N)C1. The van der Waals surface area contributed by atoms with E-state index in [4.69, 9.17) is 10.1 Å². The summed E-state index contributed by atoms with van der Waals surface area (Å²) >= 11 is 0. The van der Waals surface area contributed by atoms with Gasteiger partial charge in [-0.25, -0.2) is 4.79 Å². The van der Waals surface area contributed by atoms with Gasteiger partial charge in [0.25, 0.3) is 0 Å². The van der Waals surface area contributed by atoms with Gasteiger partial charge in [0, 0.05) is 25.2 Å². The Kier molecular flexibility index (Phi) is 3.13. The molecule has 0 aromatic carbocycles. The second kappa shape index (κ2) is 3.98. The van der Waals surface area contributed by atoms with Crippen LogP contribution in [0, 0.1) is 11.3 Å². The second-order valence-electron chi connectivity index (χ2n) is 4.64. The molecule has 0 aromatic heterocycles. The maximum atomic E-state index is 11.6. The minimum atomic E-state index is -0.431. The molecule has 1 saturated heterocycles. The first kappa shape index (κ1) is 11.0. The van der Waals surface area contributed by atoms with Crippen molar-refractivity contribution < 1.29 is 9.53 Å². The van der Waals surface area contributed by atoms with E-state index in [0.29, 0.717) is 13.1 Å². The van der Waals surface area contributed by atoms with Crippen molar-refractivity contribution in [3.63, 3.8) is 0 Å². The van der Waals surface area contributed by atoms with E-state index in [1.807, 2.05) is 20.8 Å². The third-order valence-electron chi connectivity index (χ3n) is 2.11. The predicted molar refractivity (Wildman–Crippen MR) is 54.7 cm³/mol. The Hall–Kier alpha value is -1.06. The minimum Gasteiger partial charge on any atom is -0.444 e. The number of nitrogens with zero attached hydrogens (tertiary/aromatic N) is 1. The van der Waals surface area contributed by atoms with Crippen molar-refractivity contribution in [1.82, 2.24) is 4.90 Å². The summed E-state index contributed by atoms with van der Waals surface area (Å²) in [6.07, 6.45) is 2.02. The zero-order valence-electron chi connectivity index (χ0n) is 9.04. The molecule has 0 saturated carbocycles. The van der Waals surface area contributed by atoms with Gasteiger partial charge in [-0.2, -0.15) is 0 Å². The fourth-order valence-corrected chi connectivity index (χ4v) is 1.42. The normalized spacial score (nSPS) is 22.2. The Morgan fingerprint density at radius 3 is 2.64 bits per heavy atom. The number of ether oxygens (including phenoxy) is 1. The van der Waals surface area contributed by atoms with Gasteiger partial charge in [0.1, 0.15) is 5.60 Å². The molecule has 0 aromatic rings. The van der Waals surface area contributed by atoms with E-state index in [1.54, 1.807) is 4.90 Å². The standard InChI is InChI=1S/C10H18N2O2/c1-10(2,3)14-9(13)12-5-4-8(6-11)7-12/h6,8,11H,4-5,7H2,1-3H3. The van der Waals surface area contributed by atoms with Gasteiger partial charge in [-0.05, 0) is 27.2 Å². The van der Waals surface area contributed by atoms with Gasteiger partial charge in [-0.1, -0.05) is 0 Å². The lowest BCUT2D eigenvalue weighted by molar-refractivity contribution is 0.0292. The third-order valence-corrected chi connectivity index (χ3v) is 2.11. The van der Waals surface area contributed by atoms with Crippen molar-refractivity contribution in [3.8, 4) is 0 Å². The quantitative estimate of drug-likeness (QED) is 0.654. The molecule has 0 aliphatic carbocycles. The van der Waals surface area contributed by atoms with Crippen LogP contribution in [0.15, 0.2) is 0 Å². The Labute approximate surface area is 84.7 Å². The van der Waals surface area contributed by atoms with Crippen molar-refractivity contribution in [2.45, 2.75) is 32.8 Å². The van der Waals surface area contributed by atoms with E-state index in [-0.39, 0.29) is 12.0 Å². The minimum absolute atomic E-state index is 0.211. The number of carbonyl (C=O) groups excluding carboxylic acids is 1. The van der Waals surface area contributed by atoms with Crippen LogP contribution >= 0.6 is 0 Å². The maximum Gasteiger partial charge on any atom is 0.410 e. The highest BCUT2D eigenvalue weighted by atomic mass is 16.6. The Balaban J connectivity index is 2.43. The lowest BCUT2D eigenvalue weighted by Gasteiger charge is -2.24. The molecule has 1 rings (SSSR count). The highest BCUT2D eigenvalue weighted by Crippen LogP contribution is 2.17. The molecule has 1 fully saturated rings. The summed E-state index contributed by atoms with van der Waals surface area (Å²) in [4.78, 5) is 13.2. The van der Waals surface area contributed by atoms with Gasteiger partial charge in [-0.15, -0.1) is 0 Å². The highest BCUT2D eigenvalue weighted by Gasteiger charge is 2.28. The molecule has 0 radical (unpaired) electrons. The summed E-state index contributed by atoms with van der Waals surface area (Å²) in [6.45, 7) is 6.90. The van der Waals surface area contributed by atoms with E-state index in [0.717, 1.165) is 6.42 Å². The maximum absolute atomic E-state index is 11.6. The molecule has 4 nitrogen and oxygen atoms in total. The average Bonchev–Trinajstić information content (AvgIpc) is 2.48. The molecule has 0 bridgehead atoms. The summed E-state index contributed by atoms with van der Waals surface area (Å²) in [5.41, 5.74) is -0.431. The lowest BCUT2D eigenvalue weighted by Crippen LogP contribution is -2.35. The van der Waals surface area contributed by atoms with Gasteiger partial charge in [0.05, 0.1) is 0 Å². The number of nitrogens with one attached hydrogen (secondary N) is 1. The van der Waals surface area contributed by atoms with E-state index >= 15 is 0 Å². The van der Waals surface area contributed by atoms with Crippen LogP contribution in [0.3, 0.4) is 0 Å². The van der Waals surface area contributed by atoms with Crippen molar-refractivity contribution in [3.05, 3.63) is 0 Å². The van der Waals surface area contributed by atoms with Crippen LogP contribution < -0.4 is 0 Å². The molecule has 1 aliphatic heterocycles. The van der Waals surface area contributed by atoms with Crippen molar-refractivity contribution in [2.75, 3.05) is 13.1 Å². The molecule has 1 atom stereocenters. The molecule has 1 N–H and O–H groups in total. The molecule has 4 heteroatoms. The van der Waals surface area contributed by atoms with Crippen LogP contribution in [0.5, 0.6) is 0 Å². The molecule has 1 heterocycles. The van der Waals surface area contributed by atoms with Crippen LogP contribution in [0.2, 0.25) is 0 Å². The summed E-state index contributed by atoms with van der Waals surface area (Å²) in [6, 6.07) is 0. The Morgan fingerprint density at radius 2 is 2.21 bits per heavy atom. The zero-order chi connectivity index (χ0) is 10.8. The number of hydrogen-bond acceptors (Lipinski definition) is 3. The van der Waals surface area contributed by atoms with E-state index in [9.17, 15) is 4.79 Å². The molecular weight excluding hydrogens is 180 g/mol. The van der Waals surface area contributed by atoms with Crippen molar-refractivity contribution in [2.24, 2.45) is 5.92 Å². The summed E-state index contributed by atoms with van der Waals surface area (Å²) in [7, 11) is 0. The van der Waals surface area contributed by atoms with Gasteiger partial charge >= 0.3 is 6.09 Å². The van der Waals surface area contributed by atoms with Gasteiger partial charge in [-0.3, -0.25) is 0 Å². The number of carbonyl (C=O) groups is 1. The Bertz CT molecular complexity index is 233. The number of amides is 1.